The van der Waals surface area contributed by atoms with Crippen molar-refractivity contribution in [3.63, 3.8) is 0 Å². The lowest BCUT2D eigenvalue weighted by Gasteiger charge is -2.26. The molecule has 100 valence electrons. The van der Waals surface area contributed by atoms with Gasteiger partial charge in [0.2, 0.25) is 0 Å². The Labute approximate surface area is 113 Å². The second-order valence-corrected chi connectivity index (χ2v) is 4.49. The lowest BCUT2D eigenvalue weighted by molar-refractivity contribution is 0.282. The minimum Gasteiger partial charge on any atom is -0.392 e. The molecule has 0 spiro atoms. The van der Waals surface area contributed by atoms with Gasteiger partial charge in [-0.05, 0) is 32.0 Å². The highest BCUT2D eigenvalue weighted by Crippen LogP contribution is 2.30. The van der Waals surface area contributed by atoms with E-state index in [4.69, 9.17) is 0 Å². The summed E-state index contributed by atoms with van der Waals surface area (Å²) in [4.78, 5) is 1.88. The molecule has 0 aromatic heterocycles. The first-order chi connectivity index (χ1) is 9.17. The molecule has 0 atom stereocenters. The summed E-state index contributed by atoms with van der Waals surface area (Å²) in [5.74, 6) is -0.256. The third-order valence-electron chi connectivity index (χ3n) is 3.16. The fourth-order valence-electron chi connectivity index (χ4n) is 2.25. The summed E-state index contributed by atoms with van der Waals surface area (Å²) in [7, 11) is 0. The molecular weight excluding hydrogens is 241 g/mol. The van der Waals surface area contributed by atoms with Gasteiger partial charge in [0, 0.05) is 17.8 Å². The van der Waals surface area contributed by atoms with E-state index in [2.05, 4.69) is 0 Å². The van der Waals surface area contributed by atoms with Crippen molar-refractivity contribution in [2.75, 3.05) is 11.4 Å². The van der Waals surface area contributed by atoms with E-state index in [1.54, 1.807) is 12.1 Å². The fraction of sp³-hybridized carbons (Fsp3) is 0.250. The SMILES string of the molecule is CCN(c1ccccc1F)c1ccc(C)cc1CO. The molecule has 0 heterocycles. The van der Waals surface area contributed by atoms with Crippen molar-refractivity contribution in [2.45, 2.75) is 20.5 Å². The van der Waals surface area contributed by atoms with Crippen LogP contribution in [0.15, 0.2) is 42.5 Å². The zero-order valence-corrected chi connectivity index (χ0v) is 11.2. The number of rotatable bonds is 4. The van der Waals surface area contributed by atoms with Crippen LogP contribution in [-0.4, -0.2) is 11.7 Å². The van der Waals surface area contributed by atoms with Gasteiger partial charge in [0.15, 0.2) is 0 Å². The maximum Gasteiger partial charge on any atom is 0.146 e. The Morgan fingerprint density at radius 3 is 2.47 bits per heavy atom. The summed E-state index contributed by atoms with van der Waals surface area (Å²) in [6.07, 6.45) is 0. The standard InChI is InChI=1S/C16H18FNO/c1-3-18(16-7-5-4-6-14(16)17)15-9-8-12(2)10-13(15)11-19/h4-10,19H,3,11H2,1-2H3. The molecule has 2 aromatic rings. The summed E-state index contributed by atoms with van der Waals surface area (Å²) >= 11 is 0. The van der Waals surface area contributed by atoms with E-state index in [1.165, 1.54) is 6.07 Å². The Kier molecular flexibility index (Phi) is 4.17. The van der Waals surface area contributed by atoms with Crippen LogP contribution in [0.3, 0.4) is 0 Å². The smallest absolute Gasteiger partial charge is 0.146 e. The summed E-state index contributed by atoms with van der Waals surface area (Å²) in [6, 6.07) is 12.5. The Morgan fingerprint density at radius 2 is 1.84 bits per heavy atom. The molecule has 0 bridgehead atoms. The molecule has 0 aliphatic heterocycles. The quantitative estimate of drug-likeness (QED) is 0.903. The molecular formula is C16H18FNO. The lowest BCUT2D eigenvalue weighted by atomic mass is 10.1. The molecule has 0 saturated heterocycles. The van der Waals surface area contributed by atoms with E-state index < -0.39 is 0 Å². The Bertz CT molecular complexity index is 568. The van der Waals surface area contributed by atoms with Crippen molar-refractivity contribution in [3.05, 3.63) is 59.4 Å². The predicted molar refractivity (Wildman–Crippen MR) is 76.2 cm³/mol. The van der Waals surface area contributed by atoms with Gasteiger partial charge in [-0.15, -0.1) is 0 Å². The number of aliphatic hydroxyl groups excluding tert-OH is 1. The molecule has 19 heavy (non-hydrogen) atoms. The van der Waals surface area contributed by atoms with E-state index in [-0.39, 0.29) is 12.4 Å². The molecule has 2 nitrogen and oxygen atoms in total. The summed E-state index contributed by atoms with van der Waals surface area (Å²) in [5.41, 5.74) is 3.27. The van der Waals surface area contributed by atoms with E-state index >= 15 is 0 Å². The molecule has 0 saturated carbocycles. The Hall–Kier alpha value is -1.87. The number of aliphatic hydroxyl groups is 1. The minimum atomic E-state index is -0.256. The Morgan fingerprint density at radius 1 is 1.11 bits per heavy atom. The Balaban J connectivity index is 2.51. The predicted octanol–water partition coefficient (Wildman–Crippen LogP) is 3.78. The summed E-state index contributed by atoms with van der Waals surface area (Å²) in [6.45, 7) is 4.52. The van der Waals surface area contributed by atoms with Gasteiger partial charge in [-0.2, -0.15) is 0 Å². The molecule has 2 rings (SSSR count). The van der Waals surface area contributed by atoms with Crippen LogP contribution in [0, 0.1) is 12.7 Å². The second kappa shape index (κ2) is 5.85. The lowest BCUT2D eigenvalue weighted by Crippen LogP contribution is -2.19. The average Bonchev–Trinajstić information content (AvgIpc) is 2.43. The van der Waals surface area contributed by atoms with Gasteiger partial charge < -0.3 is 10.0 Å². The van der Waals surface area contributed by atoms with Gasteiger partial charge >= 0.3 is 0 Å². The van der Waals surface area contributed by atoms with Crippen LogP contribution < -0.4 is 4.90 Å². The highest BCUT2D eigenvalue weighted by atomic mass is 19.1. The molecule has 0 unspecified atom stereocenters. The molecule has 0 radical (unpaired) electrons. The number of benzene rings is 2. The zero-order valence-electron chi connectivity index (χ0n) is 11.2. The van der Waals surface area contributed by atoms with Crippen molar-refractivity contribution >= 4 is 11.4 Å². The van der Waals surface area contributed by atoms with Crippen LogP contribution in [0.1, 0.15) is 18.1 Å². The van der Waals surface area contributed by atoms with Crippen LogP contribution >= 0.6 is 0 Å². The second-order valence-electron chi connectivity index (χ2n) is 4.49. The van der Waals surface area contributed by atoms with Gasteiger partial charge in [0.25, 0.3) is 0 Å². The number of anilines is 2. The monoisotopic (exact) mass is 259 g/mol. The van der Waals surface area contributed by atoms with Crippen molar-refractivity contribution < 1.29 is 9.50 Å². The van der Waals surface area contributed by atoms with Crippen LogP contribution in [0.25, 0.3) is 0 Å². The van der Waals surface area contributed by atoms with Gasteiger partial charge in [-0.1, -0.05) is 29.8 Å². The molecule has 0 fully saturated rings. The van der Waals surface area contributed by atoms with E-state index in [1.807, 2.05) is 43.0 Å². The number of nitrogens with zero attached hydrogens (tertiary/aromatic N) is 1. The summed E-state index contributed by atoms with van der Waals surface area (Å²) in [5, 5.41) is 9.48. The van der Waals surface area contributed by atoms with Crippen LogP contribution in [-0.2, 0) is 6.61 Å². The van der Waals surface area contributed by atoms with Gasteiger partial charge in [0.05, 0.1) is 12.3 Å². The van der Waals surface area contributed by atoms with E-state index in [0.717, 1.165) is 16.8 Å². The first kappa shape index (κ1) is 13.6. The molecule has 2 aromatic carbocycles. The fourth-order valence-corrected chi connectivity index (χ4v) is 2.25. The van der Waals surface area contributed by atoms with Gasteiger partial charge in [0.1, 0.15) is 5.82 Å². The van der Waals surface area contributed by atoms with E-state index in [9.17, 15) is 9.50 Å². The zero-order chi connectivity index (χ0) is 13.8. The third kappa shape index (κ3) is 2.76. The van der Waals surface area contributed by atoms with Crippen LogP contribution in [0.4, 0.5) is 15.8 Å². The minimum absolute atomic E-state index is 0.0536. The van der Waals surface area contributed by atoms with Crippen molar-refractivity contribution in [1.82, 2.24) is 0 Å². The highest BCUT2D eigenvalue weighted by Gasteiger charge is 2.14. The first-order valence-corrected chi connectivity index (χ1v) is 6.39. The number of hydrogen-bond acceptors (Lipinski definition) is 2. The normalized spacial score (nSPS) is 10.5. The van der Waals surface area contributed by atoms with Crippen molar-refractivity contribution in [1.29, 1.82) is 0 Å². The number of aryl methyl sites for hydroxylation is 1. The van der Waals surface area contributed by atoms with Crippen LogP contribution in [0.5, 0.6) is 0 Å². The van der Waals surface area contributed by atoms with Crippen molar-refractivity contribution in [2.24, 2.45) is 0 Å². The first-order valence-electron chi connectivity index (χ1n) is 6.39. The van der Waals surface area contributed by atoms with Crippen LogP contribution in [0.2, 0.25) is 0 Å². The third-order valence-corrected chi connectivity index (χ3v) is 3.16. The summed E-state index contributed by atoms with van der Waals surface area (Å²) < 4.78 is 13.9. The topological polar surface area (TPSA) is 23.5 Å². The number of halogens is 1. The number of hydrogen-bond donors (Lipinski definition) is 1. The maximum atomic E-state index is 13.9. The largest absolute Gasteiger partial charge is 0.392 e. The molecule has 0 aliphatic rings. The van der Waals surface area contributed by atoms with Crippen molar-refractivity contribution in [3.8, 4) is 0 Å². The molecule has 0 amide bonds. The molecule has 1 N–H and O–H groups in total. The number of para-hydroxylation sites is 1. The highest BCUT2D eigenvalue weighted by molar-refractivity contribution is 5.67. The maximum absolute atomic E-state index is 13.9. The molecule has 3 heteroatoms. The molecule has 0 aliphatic carbocycles. The van der Waals surface area contributed by atoms with Gasteiger partial charge in [-0.25, -0.2) is 4.39 Å². The van der Waals surface area contributed by atoms with E-state index in [0.29, 0.717) is 12.2 Å². The average molecular weight is 259 g/mol. The van der Waals surface area contributed by atoms with Gasteiger partial charge in [-0.3, -0.25) is 0 Å².